The summed E-state index contributed by atoms with van der Waals surface area (Å²) in [6.07, 6.45) is 4.02. The van der Waals surface area contributed by atoms with E-state index in [0.29, 0.717) is 11.6 Å². The predicted molar refractivity (Wildman–Crippen MR) is 68.1 cm³/mol. The van der Waals surface area contributed by atoms with E-state index in [0.717, 1.165) is 37.8 Å². The molecule has 1 saturated carbocycles. The largest absolute Gasteiger partial charge is 0.324 e. The van der Waals surface area contributed by atoms with E-state index in [1.165, 1.54) is 6.07 Å². The van der Waals surface area contributed by atoms with Crippen LogP contribution < -0.4 is 11.1 Å². The Labute approximate surface area is 107 Å². The molecule has 1 atom stereocenters. The van der Waals surface area contributed by atoms with Gasteiger partial charge in [0.2, 0.25) is 0 Å². The lowest BCUT2D eigenvalue weighted by molar-refractivity contribution is 0.263. The Hall–Kier alpha value is -1.00. The topological polar surface area (TPSA) is 38.0 Å². The van der Waals surface area contributed by atoms with Gasteiger partial charge in [-0.05, 0) is 56.8 Å². The van der Waals surface area contributed by atoms with Crippen molar-refractivity contribution in [2.75, 3.05) is 7.05 Å². The molecule has 1 aromatic carbocycles. The molecule has 1 aliphatic rings. The Balaban J connectivity index is 2.07. The summed E-state index contributed by atoms with van der Waals surface area (Å²) in [5.74, 6) is -0.587. The van der Waals surface area contributed by atoms with Crippen LogP contribution in [-0.4, -0.2) is 13.1 Å². The molecule has 0 aromatic heterocycles. The van der Waals surface area contributed by atoms with Crippen LogP contribution in [0.5, 0.6) is 0 Å². The second-order valence-corrected chi connectivity index (χ2v) is 5.09. The van der Waals surface area contributed by atoms with Gasteiger partial charge in [-0.15, -0.1) is 0 Å². The fourth-order valence-corrected chi connectivity index (χ4v) is 2.79. The van der Waals surface area contributed by atoms with Crippen molar-refractivity contribution in [2.24, 2.45) is 11.7 Å². The fraction of sp³-hybridized carbons (Fsp3) is 0.571. The zero-order valence-corrected chi connectivity index (χ0v) is 10.6. The maximum absolute atomic E-state index is 13.7. The highest BCUT2D eigenvalue weighted by Gasteiger charge is 2.27. The Morgan fingerprint density at radius 2 is 1.89 bits per heavy atom. The van der Waals surface area contributed by atoms with Crippen molar-refractivity contribution >= 4 is 0 Å². The van der Waals surface area contributed by atoms with Gasteiger partial charge < -0.3 is 11.1 Å². The van der Waals surface area contributed by atoms with E-state index >= 15 is 0 Å². The van der Waals surface area contributed by atoms with Crippen LogP contribution in [0.4, 0.5) is 8.78 Å². The second kappa shape index (κ2) is 5.76. The molecular weight excluding hydrogens is 234 g/mol. The molecule has 0 aliphatic heterocycles. The minimum Gasteiger partial charge on any atom is -0.324 e. The SMILES string of the molecule is CNC1CCC(C(N)c2cc(F)ccc2F)CC1. The second-order valence-electron chi connectivity index (χ2n) is 5.09. The van der Waals surface area contributed by atoms with E-state index in [1.54, 1.807) is 0 Å². The highest BCUT2D eigenvalue weighted by atomic mass is 19.1. The molecule has 0 amide bonds. The van der Waals surface area contributed by atoms with Gasteiger partial charge in [0.15, 0.2) is 0 Å². The Bertz CT molecular complexity index is 401. The number of hydrogen-bond donors (Lipinski definition) is 2. The van der Waals surface area contributed by atoms with Crippen LogP contribution in [0, 0.1) is 17.6 Å². The lowest BCUT2D eigenvalue weighted by atomic mass is 9.79. The standard InChI is InChI=1S/C14H20F2N2/c1-18-11-5-2-9(3-6-11)14(17)12-8-10(15)4-7-13(12)16/h4,7-9,11,14,18H,2-3,5-6,17H2,1H3. The van der Waals surface area contributed by atoms with Crippen LogP contribution in [0.1, 0.15) is 37.3 Å². The van der Waals surface area contributed by atoms with Crippen molar-refractivity contribution in [2.45, 2.75) is 37.8 Å². The van der Waals surface area contributed by atoms with Crippen molar-refractivity contribution in [3.8, 4) is 0 Å². The van der Waals surface area contributed by atoms with Gasteiger partial charge in [-0.2, -0.15) is 0 Å². The average Bonchev–Trinajstić information content (AvgIpc) is 2.41. The maximum atomic E-state index is 13.7. The summed E-state index contributed by atoms with van der Waals surface area (Å²) in [6.45, 7) is 0. The number of rotatable bonds is 3. The molecule has 0 radical (unpaired) electrons. The summed E-state index contributed by atoms with van der Waals surface area (Å²) in [5.41, 5.74) is 6.41. The highest BCUT2D eigenvalue weighted by Crippen LogP contribution is 2.34. The normalized spacial score (nSPS) is 26.0. The van der Waals surface area contributed by atoms with Crippen molar-refractivity contribution in [1.82, 2.24) is 5.32 Å². The summed E-state index contributed by atoms with van der Waals surface area (Å²) in [5, 5.41) is 3.25. The molecule has 0 spiro atoms. The smallest absolute Gasteiger partial charge is 0.128 e. The molecule has 18 heavy (non-hydrogen) atoms. The molecule has 1 fully saturated rings. The molecule has 1 aliphatic carbocycles. The lowest BCUT2D eigenvalue weighted by Gasteiger charge is -2.32. The maximum Gasteiger partial charge on any atom is 0.128 e. The minimum atomic E-state index is -0.425. The Kier molecular flexibility index (Phi) is 4.30. The van der Waals surface area contributed by atoms with Crippen molar-refractivity contribution < 1.29 is 8.78 Å². The van der Waals surface area contributed by atoms with Crippen LogP contribution in [0.3, 0.4) is 0 Å². The van der Waals surface area contributed by atoms with E-state index < -0.39 is 17.7 Å². The van der Waals surface area contributed by atoms with E-state index in [9.17, 15) is 8.78 Å². The Morgan fingerprint density at radius 3 is 2.50 bits per heavy atom. The Morgan fingerprint density at radius 1 is 1.22 bits per heavy atom. The number of nitrogens with two attached hydrogens (primary N) is 1. The van der Waals surface area contributed by atoms with Gasteiger partial charge in [0.1, 0.15) is 11.6 Å². The average molecular weight is 254 g/mol. The molecule has 0 heterocycles. The van der Waals surface area contributed by atoms with Gasteiger partial charge in [-0.1, -0.05) is 0 Å². The molecule has 2 rings (SSSR count). The molecule has 1 unspecified atom stereocenters. The van der Waals surface area contributed by atoms with E-state index in [2.05, 4.69) is 5.32 Å². The minimum absolute atomic E-state index is 0.242. The molecule has 0 saturated heterocycles. The fourth-order valence-electron chi connectivity index (χ4n) is 2.79. The van der Waals surface area contributed by atoms with Crippen molar-refractivity contribution in [1.29, 1.82) is 0 Å². The lowest BCUT2D eigenvalue weighted by Crippen LogP contribution is -2.34. The molecular formula is C14H20F2N2. The van der Waals surface area contributed by atoms with Crippen LogP contribution in [-0.2, 0) is 0 Å². The number of benzene rings is 1. The zero-order valence-electron chi connectivity index (χ0n) is 10.6. The zero-order chi connectivity index (χ0) is 13.1. The summed E-state index contributed by atoms with van der Waals surface area (Å²) in [6, 6.07) is 3.64. The van der Waals surface area contributed by atoms with E-state index in [-0.39, 0.29) is 5.92 Å². The van der Waals surface area contributed by atoms with Crippen LogP contribution in [0.25, 0.3) is 0 Å². The first-order chi connectivity index (χ1) is 8.61. The molecule has 0 bridgehead atoms. The highest BCUT2D eigenvalue weighted by molar-refractivity contribution is 5.22. The first-order valence-electron chi connectivity index (χ1n) is 6.49. The van der Waals surface area contributed by atoms with Gasteiger partial charge >= 0.3 is 0 Å². The van der Waals surface area contributed by atoms with Gasteiger partial charge in [0, 0.05) is 17.6 Å². The van der Waals surface area contributed by atoms with Gasteiger partial charge in [-0.25, -0.2) is 8.78 Å². The first kappa shape index (κ1) is 13.4. The molecule has 100 valence electrons. The summed E-state index contributed by atoms with van der Waals surface area (Å²) < 4.78 is 26.8. The van der Waals surface area contributed by atoms with Crippen LogP contribution in [0.15, 0.2) is 18.2 Å². The summed E-state index contributed by atoms with van der Waals surface area (Å²) in [4.78, 5) is 0. The molecule has 3 N–H and O–H groups in total. The van der Waals surface area contributed by atoms with Gasteiger partial charge in [0.25, 0.3) is 0 Å². The molecule has 1 aromatic rings. The van der Waals surface area contributed by atoms with E-state index in [1.807, 2.05) is 7.05 Å². The first-order valence-corrected chi connectivity index (χ1v) is 6.49. The third kappa shape index (κ3) is 2.87. The number of hydrogen-bond acceptors (Lipinski definition) is 2. The van der Waals surface area contributed by atoms with E-state index in [4.69, 9.17) is 5.73 Å². The van der Waals surface area contributed by atoms with Gasteiger partial charge in [0.05, 0.1) is 0 Å². The molecule has 4 heteroatoms. The van der Waals surface area contributed by atoms with Crippen molar-refractivity contribution in [3.63, 3.8) is 0 Å². The summed E-state index contributed by atoms with van der Waals surface area (Å²) >= 11 is 0. The van der Waals surface area contributed by atoms with Gasteiger partial charge in [-0.3, -0.25) is 0 Å². The van der Waals surface area contributed by atoms with Crippen LogP contribution >= 0.6 is 0 Å². The molecule has 2 nitrogen and oxygen atoms in total. The summed E-state index contributed by atoms with van der Waals surface area (Å²) in [7, 11) is 1.96. The predicted octanol–water partition coefficient (Wildman–Crippen LogP) is 2.74. The van der Waals surface area contributed by atoms with Crippen LogP contribution in [0.2, 0.25) is 0 Å². The van der Waals surface area contributed by atoms with Crippen molar-refractivity contribution in [3.05, 3.63) is 35.4 Å². The third-order valence-corrected chi connectivity index (χ3v) is 4.01. The number of halogens is 2. The quantitative estimate of drug-likeness (QED) is 0.870. The third-order valence-electron chi connectivity index (χ3n) is 4.01. The monoisotopic (exact) mass is 254 g/mol. The number of nitrogens with one attached hydrogen (secondary N) is 1.